The van der Waals surface area contributed by atoms with Crippen LogP contribution in [0.25, 0.3) is 0 Å². The van der Waals surface area contributed by atoms with Gasteiger partial charge < -0.3 is 9.64 Å². The number of amides is 1. The van der Waals surface area contributed by atoms with Crippen LogP contribution >= 0.6 is 0 Å². The Bertz CT molecular complexity index is 337. The van der Waals surface area contributed by atoms with Crippen molar-refractivity contribution in [3.8, 4) is 0 Å². The van der Waals surface area contributed by atoms with Crippen molar-refractivity contribution in [3.63, 3.8) is 0 Å². The number of likely N-dealkylation sites (N-methyl/N-ethyl adjacent to an activating group) is 1. The Morgan fingerprint density at radius 1 is 1.35 bits per heavy atom. The van der Waals surface area contributed by atoms with Crippen molar-refractivity contribution in [3.05, 3.63) is 35.9 Å². The van der Waals surface area contributed by atoms with E-state index in [4.69, 9.17) is 4.74 Å². The van der Waals surface area contributed by atoms with E-state index < -0.39 is 6.10 Å². The van der Waals surface area contributed by atoms with Crippen LogP contribution < -0.4 is 0 Å². The van der Waals surface area contributed by atoms with E-state index in [1.165, 1.54) is 0 Å². The fraction of sp³-hybridized carbons (Fsp3) is 0.500. The first-order chi connectivity index (χ1) is 8.20. The Labute approximate surface area is 103 Å². The topological polar surface area (TPSA) is 29.5 Å². The smallest absolute Gasteiger partial charge is 0.256 e. The second-order valence-electron chi connectivity index (χ2n) is 4.14. The van der Waals surface area contributed by atoms with E-state index in [0.717, 1.165) is 24.9 Å². The standard InChI is InChI=1S/C14H21NO2/c1-4-5-11-15(2)14(16)13(17-3)12-9-7-6-8-10-12/h6-10,13H,4-5,11H2,1-3H3/t13-/m0/s1. The van der Waals surface area contributed by atoms with Gasteiger partial charge in [-0.3, -0.25) is 4.79 Å². The summed E-state index contributed by atoms with van der Waals surface area (Å²) in [5, 5.41) is 0. The van der Waals surface area contributed by atoms with Gasteiger partial charge in [-0.25, -0.2) is 0 Å². The van der Waals surface area contributed by atoms with Gasteiger partial charge in [-0.2, -0.15) is 0 Å². The van der Waals surface area contributed by atoms with E-state index in [2.05, 4.69) is 6.92 Å². The maximum absolute atomic E-state index is 12.2. The first-order valence-corrected chi connectivity index (χ1v) is 6.03. The molecule has 17 heavy (non-hydrogen) atoms. The molecule has 0 unspecified atom stereocenters. The van der Waals surface area contributed by atoms with Crippen molar-refractivity contribution in [1.82, 2.24) is 4.90 Å². The van der Waals surface area contributed by atoms with Gasteiger partial charge >= 0.3 is 0 Å². The second-order valence-corrected chi connectivity index (χ2v) is 4.14. The molecular weight excluding hydrogens is 214 g/mol. The largest absolute Gasteiger partial charge is 0.367 e. The quantitative estimate of drug-likeness (QED) is 0.758. The fourth-order valence-corrected chi connectivity index (χ4v) is 1.71. The zero-order valence-electron chi connectivity index (χ0n) is 10.8. The van der Waals surface area contributed by atoms with Gasteiger partial charge in [-0.15, -0.1) is 0 Å². The van der Waals surface area contributed by atoms with E-state index >= 15 is 0 Å². The van der Waals surface area contributed by atoms with E-state index in [9.17, 15) is 4.79 Å². The van der Waals surface area contributed by atoms with Gasteiger partial charge in [0.15, 0.2) is 6.10 Å². The van der Waals surface area contributed by atoms with Crippen LogP contribution in [0.1, 0.15) is 31.4 Å². The lowest BCUT2D eigenvalue weighted by Gasteiger charge is -2.23. The molecular formula is C14H21NO2. The predicted octanol–water partition coefficient (Wildman–Crippen LogP) is 2.63. The lowest BCUT2D eigenvalue weighted by Crippen LogP contribution is -2.33. The summed E-state index contributed by atoms with van der Waals surface area (Å²) in [6, 6.07) is 9.60. The lowest BCUT2D eigenvalue weighted by molar-refractivity contribution is -0.141. The highest BCUT2D eigenvalue weighted by Crippen LogP contribution is 2.18. The monoisotopic (exact) mass is 235 g/mol. The van der Waals surface area contributed by atoms with E-state index in [0.29, 0.717) is 0 Å². The summed E-state index contributed by atoms with van der Waals surface area (Å²) < 4.78 is 5.31. The minimum Gasteiger partial charge on any atom is -0.367 e. The summed E-state index contributed by atoms with van der Waals surface area (Å²) >= 11 is 0. The normalized spacial score (nSPS) is 12.2. The zero-order chi connectivity index (χ0) is 12.7. The molecule has 0 saturated carbocycles. The van der Waals surface area contributed by atoms with Gasteiger partial charge in [0.25, 0.3) is 5.91 Å². The molecule has 0 aliphatic heterocycles. The third-order valence-corrected chi connectivity index (χ3v) is 2.79. The summed E-state index contributed by atoms with van der Waals surface area (Å²) in [6.07, 6.45) is 1.62. The van der Waals surface area contributed by atoms with Crippen molar-refractivity contribution < 1.29 is 9.53 Å². The molecule has 1 aromatic rings. The average Bonchev–Trinajstić information content (AvgIpc) is 2.38. The molecule has 0 aromatic heterocycles. The van der Waals surface area contributed by atoms with Crippen LogP contribution in [-0.4, -0.2) is 31.5 Å². The number of methoxy groups -OCH3 is 1. The molecule has 0 aliphatic carbocycles. The van der Waals surface area contributed by atoms with E-state index in [1.54, 1.807) is 12.0 Å². The van der Waals surface area contributed by atoms with Crippen LogP contribution in [-0.2, 0) is 9.53 Å². The fourth-order valence-electron chi connectivity index (χ4n) is 1.71. The first-order valence-electron chi connectivity index (χ1n) is 6.03. The highest BCUT2D eigenvalue weighted by Gasteiger charge is 2.22. The lowest BCUT2D eigenvalue weighted by atomic mass is 10.1. The number of carbonyl (C=O) groups is 1. The molecule has 0 aliphatic rings. The molecule has 0 heterocycles. The number of unbranched alkanes of at least 4 members (excludes halogenated alkanes) is 1. The summed E-state index contributed by atoms with van der Waals surface area (Å²) in [7, 11) is 3.40. The van der Waals surface area contributed by atoms with Gasteiger partial charge in [0, 0.05) is 20.7 Å². The van der Waals surface area contributed by atoms with Gasteiger partial charge in [-0.05, 0) is 12.0 Å². The minimum absolute atomic E-state index is 0.0205. The van der Waals surface area contributed by atoms with E-state index in [-0.39, 0.29) is 5.91 Å². The number of hydrogen-bond acceptors (Lipinski definition) is 2. The molecule has 0 radical (unpaired) electrons. The van der Waals surface area contributed by atoms with Crippen molar-refractivity contribution in [1.29, 1.82) is 0 Å². The van der Waals surface area contributed by atoms with Crippen molar-refractivity contribution in [2.75, 3.05) is 20.7 Å². The maximum Gasteiger partial charge on any atom is 0.256 e. The Balaban J connectivity index is 2.71. The third kappa shape index (κ3) is 3.86. The number of benzene rings is 1. The van der Waals surface area contributed by atoms with Crippen LogP contribution in [0.5, 0.6) is 0 Å². The predicted molar refractivity (Wildman–Crippen MR) is 68.7 cm³/mol. The number of rotatable bonds is 6. The highest BCUT2D eigenvalue weighted by molar-refractivity contribution is 5.82. The summed E-state index contributed by atoms with van der Waals surface area (Å²) in [5.41, 5.74) is 0.906. The van der Waals surface area contributed by atoms with Gasteiger partial charge in [0.05, 0.1) is 0 Å². The zero-order valence-corrected chi connectivity index (χ0v) is 10.8. The van der Waals surface area contributed by atoms with Crippen LogP contribution in [0.15, 0.2) is 30.3 Å². The third-order valence-electron chi connectivity index (χ3n) is 2.79. The summed E-state index contributed by atoms with van der Waals surface area (Å²) in [5.74, 6) is 0.0205. The van der Waals surface area contributed by atoms with Gasteiger partial charge in [0.1, 0.15) is 0 Å². The molecule has 1 amide bonds. The van der Waals surface area contributed by atoms with Crippen molar-refractivity contribution in [2.24, 2.45) is 0 Å². The summed E-state index contributed by atoms with van der Waals surface area (Å²) in [4.78, 5) is 13.9. The molecule has 94 valence electrons. The SMILES string of the molecule is CCCCN(C)C(=O)[C@@H](OC)c1ccccc1. The molecule has 0 spiro atoms. The Hall–Kier alpha value is -1.35. The minimum atomic E-state index is -0.488. The van der Waals surface area contributed by atoms with Crippen molar-refractivity contribution >= 4 is 5.91 Å². The summed E-state index contributed by atoms with van der Waals surface area (Å²) in [6.45, 7) is 2.89. The molecule has 1 atom stereocenters. The molecule has 3 nitrogen and oxygen atoms in total. The molecule has 1 aromatic carbocycles. The Kier molecular flexibility index (Phi) is 5.70. The Morgan fingerprint density at radius 2 is 2.00 bits per heavy atom. The molecule has 0 bridgehead atoms. The molecule has 1 rings (SSSR count). The van der Waals surface area contributed by atoms with Crippen LogP contribution in [0.2, 0.25) is 0 Å². The number of nitrogens with zero attached hydrogens (tertiary/aromatic N) is 1. The van der Waals surface area contributed by atoms with Crippen LogP contribution in [0, 0.1) is 0 Å². The van der Waals surface area contributed by atoms with Gasteiger partial charge in [-0.1, -0.05) is 43.7 Å². The molecule has 0 N–H and O–H groups in total. The first kappa shape index (κ1) is 13.7. The van der Waals surface area contributed by atoms with E-state index in [1.807, 2.05) is 37.4 Å². The number of carbonyl (C=O) groups excluding carboxylic acids is 1. The van der Waals surface area contributed by atoms with Gasteiger partial charge in [0.2, 0.25) is 0 Å². The maximum atomic E-state index is 12.2. The molecule has 0 saturated heterocycles. The Morgan fingerprint density at radius 3 is 2.53 bits per heavy atom. The van der Waals surface area contributed by atoms with Crippen LogP contribution in [0.4, 0.5) is 0 Å². The molecule has 0 fully saturated rings. The highest BCUT2D eigenvalue weighted by atomic mass is 16.5. The average molecular weight is 235 g/mol. The number of ether oxygens (including phenoxy) is 1. The second kappa shape index (κ2) is 7.07. The number of hydrogen-bond donors (Lipinski definition) is 0. The van der Waals surface area contributed by atoms with Crippen LogP contribution in [0.3, 0.4) is 0 Å². The molecule has 3 heteroatoms. The van der Waals surface area contributed by atoms with Crippen molar-refractivity contribution in [2.45, 2.75) is 25.9 Å².